The van der Waals surface area contributed by atoms with Gasteiger partial charge in [-0.1, -0.05) is 0 Å². The Morgan fingerprint density at radius 1 is 1.80 bits per heavy atom. The van der Waals surface area contributed by atoms with Crippen molar-refractivity contribution in [2.75, 3.05) is 11.4 Å². The van der Waals surface area contributed by atoms with E-state index in [1.165, 1.54) is 6.20 Å². The lowest BCUT2D eigenvalue weighted by Crippen LogP contribution is -2.41. The first kappa shape index (κ1) is 9.70. The minimum atomic E-state index is -1.66. The number of pyridine rings is 1. The summed E-state index contributed by atoms with van der Waals surface area (Å²) in [6, 6.07) is 1.65. The van der Waals surface area contributed by atoms with Crippen molar-refractivity contribution >= 4 is 11.8 Å². The highest BCUT2D eigenvalue weighted by molar-refractivity contribution is 5.89. The Balaban J connectivity index is 2.52. The van der Waals surface area contributed by atoms with Crippen molar-refractivity contribution < 1.29 is 19.0 Å². The van der Waals surface area contributed by atoms with Gasteiger partial charge in [0.1, 0.15) is 5.69 Å². The summed E-state index contributed by atoms with van der Waals surface area (Å²) in [4.78, 5) is 15.6. The number of carboxylic acid groups (broad SMARTS) is 1. The smallest absolute Gasteiger partial charge is 0.412 e. The molecule has 5 nitrogen and oxygen atoms in total. The first-order valence-corrected chi connectivity index (χ1v) is 4.36. The van der Waals surface area contributed by atoms with Crippen molar-refractivity contribution in [3.63, 3.8) is 0 Å². The molecule has 0 saturated carbocycles. The summed E-state index contributed by atoms with van der Waals surface area (Å²) in [5, 5.41) is 8.90. The third-order valence-electron chi connectivity index (χ3n) is 2.16. The maximum atomic E-state index is 13.0. The number of aromatic nitrogens is 1. The van der Waals surface area contributed by atoms with Crippen LogP contribution in [0.1, 0.15) is 5.56 Å². The van der Waals surface area contributed by atoms with Gasteiger partial charge in [0, 0.05) is 6.20 Å². The van der Waals surface area contributed by atoms with Gasteiger partial charge in [-0.2, -0.15) is 4.39 Å². The van der Waals surface area contributed by atoms with Gasteiger partial charge in [-0.3, -0.25) is 4.90 Å². The second-order valence-corrected chi connectivity index (χ2v) is 3.20. The van der Waals surface area contributed by atoms with Crippen molar-refractivity contribution in [1.82, 2.24) is 4.98 Å². The summed E-state index contributed by atoms with van der Waals surface area (Å²) in [5.74, 6) is 0.0242. The quantitative estimate of drug-likeness (QED) is 0.708. The van der Waals surface area contributed by atoms with Crippen LogP contribution in [0, 0.1) is 6.92 Å². The molecule has 1 aromatic heterocycles. The fourth-order valence-electron chi connectivity index (χ4n) is 1.51. The number of anilines is 1. The molecule has 1 N–H and O–H groups in total. The van der Waals surface area contributed by atoms with Crippen molar-refractivity contribution in [2.45, 2.75) is 13.3 Å². The maximum Gasteiger partial charge on any atom is 0.412 e. The van der Waals surface area contributed by atoms with E-state index in [1.807, 2.05) is 0 Å². The zero-order chi connectivity index (χ0) is 11.0. The van der Waals surface area contributed by atoms with Gasteiger partial charge >= 0.3 is 6.09 Å². The molecule has 0 bridgehead atoms. The van der Waals surface area contributed by atoms with Crippen LogP contribution in [0.2, 0.25) is 0 Å². The highest BCUT2D eigenvalue weighted by Crippen LogP contribution is 2.34. The number of amides is 1. The molecule has 1 aliphatic rings. The van der Waals surface area contributed by atoms with Crippen LogP contribution >= 0.6 is 0 Å². The van der Waals surface area contributed by atoms with Crippen LogP contribution in [-0.2, 0) is 0 Å². The van der Waals surface area contributed by atoms with Crippen molar-refractivity contribution in [3.8, 4) is 5.88 Å². The van der Waals surface area contributed by atoms with E-state index in [9.17, 15) is 9.18 Å². The number of hydrogen-bond acceptors (Lipinski definition) is 3. The summed E-state index contributed by atoms with van der Waals surface area (Å²) in [6.07, 6.45) is -1.42. The van der Waals surface area contributed by atoms with Crippen LogP contribution in [0.5, 0.6) is 5.88 Å². The zero-order valence-corrected chi connectivity index (χ0v) is 7.98. The molecule has 1 unspecified atom stereocenters. The third-order valence-corrected chi connectivity index (χ3v) is 2.16. The molecule has 0 aliphatic carbocycles. The minimum absolute atomic E-state index is 0.0242. The summed E-state index contributed by atoms with van der Waals surface area (Å²) in [5.41, 5.74) is 1.01. The fourth-order valence-corrected chi connectivity index (χ4v) is 1.51. The molecule has 1 amide bonds. The highest BCUT2D eigenvalue weighted by Gasteiger charge is 2.31. The molecule has 1 aliphatic heterocycles. The summed E-state index contributed by atoms with van der Waals surface area (Å²) >= 11 is 0. The number of fused-ring (bicyclic) bond motifs is 1. The third kappa shape index (κ3) is 1.58. The van der Waals surface area contributed by atoms with E-state index >= 15 is 0 Å². The Labute approximate surface area is 85.1 Å². The van der Waals surface area contributed by atoms with Crippen LogP contribution in [-0.4, -0.2) is 29.1 Å². The monoisotopic (exact) mass is 212 g/mol. The number of halogens is 1. The summed E-state index contributed by atoms with van der Waals surface area (Å²) in [6.45, 7) is 1.40. The predicted octanol–water partition coefficient (Wildman–Crippen LogP) is 1.56. The number of carbonyl (C=O) groups is 1. The van der Waals surface area contributed by atoms with Crippen LogP contribution in [0.4, 0.5) is 14.9 Å². The molecule has 15 heavy (non-hydrogen) atoms. The molecule has 1 atom stereocenters. The lowest BCUT2D eigenvalue weighted by atomic mass is 10.2. The minimum Gasteiger partial charge on any atom is -0.465 e. The van der Waals surface area contributed by atoms with Crippen LogP contribution in [0.3, 0.4) is 0 Å². The molecule has 2 heterocycles. The molecule has 0 radical (unpaired) electrons. The highest BCUT2D eigenvalue weighted by atomic mass is 19.1. The first-order valence-electron chi connectivity index (χ1n) is 4.36. The van der Waals surface area contributed by atoms with E-state index in [0.29, 0.717) is 11.3 Å². The van der Waals surface area contributed by atoms with Crippen molar-refractivity contribution in [1.29, 1.82) is 0 Å². The largest absolute Gasteiger partial charge is 0.465 e. The van der Waals surface area contributed by atoms with E-state index in [1.54, 1.807) is 13.0 Å². The fraction of sp³-hybridized carbons (Fsp3) is 0.333. The van der Waals surface area contributed by atoms with Crippen LogP contribution in [0.25, 0.3) is 0 Å². The zero-order valence-electron chi connectivity index (χ0n) is 7.98. The van der Waals surface area contributed by atoms with Gasteiger partial charge in [-0.15, -0.1) is 0 Å². The SMILES string of the molecule is Cc1ccnc2c1N(C(=O)O)CC(F)O2. The first-order chi connectivity index (χ1) is 7.09. The average molecular weight is 212 g/mol. The molecule has 1 aromatic rings. The van der Waals surface area contributed by atoms with Gasteiger partial charge in [0.05, 0.1) is 6.54 Å². The molecule has 0 saturated heterocycles. The Morgan fingerprint density at radius 2 is 2.53 bits per heavy atom. The number of alkyl halides is 1. The van der Waals surface area contributed by atoms with Gasteiger partial charge in [0.2, 0.25) is 5.88 Å². The molecule has 0 fully saturated rings. The molecule has 0 spiro atoms. The second kappa shape index (κ2) is 3.38. The number of rotatable bonds is 0. The van der Waals surface area contributed by atoms with E-state index in [0.717, 1.165) is 4.90 Å². The van der Waals surface area contributed by atoms with Gasteiger partial charge < -0.3 is 9.84 Å². The van der Waals surface area contributed by atoms with Gasteiger partial charge in [-0.05, 0) is 18.6 Å². The summed E-state index contributed by atoms with van der Waals surface area (Å²) < 4.78 is 17.8. The average Bonchev–Trinajstić information content (AvgIpc) is 2.16. The molecule has 2 rings (SSSR count). The normalized spacial score (nSPS) is 19.3. The van der Waals surface area contributed by atoms with Crippen LogP contribution < -0.4 is 9.64 Å². The predicted molar refractivity (Wildman–Crippen MR) is 49.9 cm³/mol. The van der Waals surface area contributed by atoms with Crippen molar-refractivity contribution in [2.24, 2.45) is 0 Å². The van der Waals surface area contributed by atoms with Crippen molar-refractivity contribution in [3.05, 3.63) is 17.8 Å². The Morgan fingerprint density at radius 3 is 3.20 bits per heavy atom. The van der Waals surface area contributed by atoms with E-state index in [4.69, 9.17) is 9.84 Å². The molecular weight excluding hydrogens is 203 g/mol. The van der Waals surface area contributed by atoms with Crippen LogP contribution in [0.15, 0.2) is 12.3 Å². The molecular formula is C9H9FN2O3. The van der Waals surface area contributed by atoms with Gasteiger partial charge in [0.25, 0.3) is 6.36 Å². The number of aryl methyl sites for hydroxylation is 1. The van der Waals surface area contributed by atoms with E-state index in [2.05, 4.69) is 4.98 Å². The second-order valence-electron chi connectivity index (χ2n) is 3.20. The number of nitrogens with zero attached hydrogens (tertiary/aromatic N) is 2. The lowest BCUT2D eigenvalue weighted by molar-refractivity contribution is 0.0595. The van der Waals surface area contributed by atoms with E-state index in [-0.39, 0.29) is 12.4 Å². The van der Waals surface area contributed by atoms with E-state index < -0.39 is 12.5 Å². The Bertz CT molecular complexity index is 410. The number of ether oxygens (including phenoxy) is 1. The molecule has 0 aromatic carbocycles. The molecule has 6 heteroatoms. The summed E-state index contributed by atoms with van der Waals surface area (Å²) in [7, 11) is 0. The number of hydrogen-bond donors (Lipinski definition) is 1. The topological polar surface area (TPSA) is 62.7 Å². The van der Waals surface area contributed by atoms with Gasteiger partial charge in [0.15, 0.2) is 0 Å². The maximum absolute atomic E-state index is 13.0. The Kier molecular flexibility index (Phi) is 2.18. The Hall–Kier alpha value is -1.85. The lowest BCUT2D eigenvalue weighted by Gasteiger charge is -2.29. The molecule has 80 valence electrons. The standard InChI is InChI=1S/C9H9FN2O3/c1-5-2-3-11-8-7(5)12(9(13)14)4-6(10)15-8/h2-3,6H,4H2,1H3,(H,13,14). The van der Waals surface area contributed by atoms with Gasteiger partial charge in [-0.25, -0.2) is 9.78 Å².